The van der Waals surface area contributed by atoms with Gasteiger partial charge in [0.2, 0.25) is 0 Å². The Kier molecular flexibility index (Phi) is 2.20. The molecule has 1 fully saturated rings. The molecular formula is C8H12O2. The van der Waals surface area contributed by atoms with Crippen LogP contribution in [0.25, 0.3) is 0 Å². The van der Waals surface area contributed by atoms with Crippen molar-refractivity contribution in [2.24, 2.45) is 11.8 Å². The molecule has 0 amide bonds. The van der Waals surface area contributed by atoms with E-state index in [9.17, 15) is 9.59 Å². The molecular weight excluding hydrogens is 128 g/mol. The third-order valence-electron chi connectivity index (χ3n) is 2.10. The SMILES string of the molecule is C[C@@H]1CCC(C=O)C(=O)C1. The first kappa shape index (κ1) is 7.45. The fourth-order valence-electron chi connectivity index (χ4n) is 1.37. The first-order chi connectivity index (χ1) is 4.74. The largest absolute Gasteiger partial charge is 0.303 e. The highest BCUT2D eigenvalue weighted by molar-refractivity contribution is 5.93. The summed E-state index contributed by atoms with van der Waals surface area (Å²) in [6.07, 6.45) is 3.18. The number of hydrogen-bond donors (Lipinski definition) is 0. The van der Waals surface area contributed by atoms with Gasteiger partial charge in [0, 0.05) is 6.42 Å². The Morgan fingerprint density at radius 3 is 2.70 bits per heavy atom. The predicted octanol–water partition coefficient (Wildman–Crippen LogP) is 1.19. The zero-order valence-electron chi connectivity index (χ0n) is 6.17. The van der Waals surface area contributed by atoms with E-state index in [4.69, 9.17) is 0 Å². The number of carbonyl (C=O) groups excluding carboxylic acids is 2. The first-order valence-corrected chi connectivity index (χ1v) is 3.72. The number of aldehydes is 1. The Hall–Kier alpha value is -0.660. The van der Waals surface area contributed by atoms with Crippen LogP contribution in [0.15, 0.2) is 0 Å². The summed E-state index contributed by atoms with van der Waals surface area (Å²) in [7, 11) is 0. The van der Waals surface area contributed by atoms with Crippen molar-refractivity contribution in [1.82, 2.24) is 0 Å². The fraction of sp³-hybridized carbons (Fsp3) is 0.750. The molecule has 0 heterocycles. The Morgan fingerprint density at radius 2 is 2.20 bits per heavy atom. The lowest BCUT2D eigenvalue weighted by atomic mass is 9.83. The molecule has 56 valence electrons. The Morgan fingerprint density at radius 1 is 1.50 bits per heavy atom. The smallest absolute Gasteiger partial charge is 0.143 e. The number of carbonyl (C=O) groups is 2. The van der Waals surface area contributed by atoms with Crippen LogP contribution in [0.3, 0.4) is 0 Å². The number of Topliss-reactive ketones (excluding diaryl/α,β-unsaturated/α-hetero) is 1. The second-order valence-electron chi connectivity index (χ2n) is 3.10. The number of rotatable bonds is 1. The normalized spacial score (nSPS) is 33.9. The summed E-state index contributed by atoms with van der Waals surface area (Å²) in [5.41, 5.74) is 0. The van der Waals surface area contributed by atoms with E-state index in [1.54, 1.807) is 0 Å². The van der Waals surface area contributed by atoms with Crippen LogP contribution in [-0.4, -0.2) is 12.1 Å². The van der Waals surface area contributed by atoms with Crippen LogP contribution in [0.2, 0.25) is 0 Å². The third-order valence-corrected chi connectivity index (χ3v) is 2.10. The minimum Gasteiger partial charge on any atom is -0.303 e. The van der Waals surface area contributed by atoms with Gasteiger partial charge >= 0.3 is 0 Å². The molecule has 2 atom stereocenters. The molecule has 10 heavy (non-hydrogen) atoms. The molecule has 1 aliphatic rings. The average Bonchev–Trinajstić information content (AvgIpc) is 1.88. The second-order valence-corrected chi connectivity index (χ2v) is 3.10. The standard InChI is InChI=1S/C8H12O2/c1-6-2-3-7(5-9)8(10)4-6/h5-7H,2-4H2,1H3/t6-,7?/m1/s1. The van der Waals surface area contributed by atoms with Crippen molar-refractivity contribution in [3.05, 3.63) is 0 Å². The van der Waals surface area contributed by atoms with Gasteiger partial charge in [-0.05, 0) is 18.8 Å². The fourth-order valence-corrected chi connectivity index (χ4v) is 1.37. The Labute approximate surface area is 60.6 Å². The van der Waals surface area contributed by atoms with Crippen LogP contribution in [0, 0.1) is 11.8 Å². The summed E-state index contributed by atoms with van der Waals surface area (Å²) in [4.78, 5) is 21.3. The van der Waals surface area contributed by atoms with E-state index in [0.29, 0.717) is 12.3 Å². The molecule has 1 unspecified atom stereocenters. The summed E-state index contributed by atoms with van der Waals surface area (Å²) >= 11 is 0. The van der Waals surface area contributed by atoms with Gasteiger partial charge in [-0.25, -0.2) is 0 Å². The van der Waals surface area contributed by atoms with E-state index in [0.717, 1.165) is 19.1 Å². The molecule has 1 saturated carbocycles. The lowest BCUT2D eigenvalue weighted by Crippen LogP contribution is -2.24. The zero-order valence-corrected chi connectivity index (χ0v) is 6.17. The third kappa shape index (κ3) is 1.43. The van der Waals surface area contributed by atoms with Crippen molar-refractivity contribution in [1.29, 1.82) is 0 Å². The summed E-state index contributed by atoms with van der Waals surface area (Å²) < 4.78 is 0. The summed E-state index contributed by atoms with van der Waals surface area (Å²) in [5, 5.41) is 0. The molecule has 2 nitrogen and oxygen atoms in total. The van der Waals surface area contributed by atoms with Crippen molar-refractivity contribution in [3.8, 4) is 0 Å². The van der Waals surface area contributed by atoms with E-state index >= 15 is 0 Å². The van der Waals surface area contributed by atoms with Crippen LogP contribution in [0.4, 0.5) is 0 Å². The summed E-state index contributed by atoms with van der Waals surface area (Å²) in [6.45, 7) is 2.05. The van der Waals surface area contributed by atoms with Crippen molar-refractivity contribution in [2.45, 2.75) is 26.2 Å². The Balaban J connectivity index is 2.51. The monoisotopic (exact) mass is 140 g/mol. The molecule has 0 bridgehead atoms. The highest BCUT2D eigenvalue weighted by Gasteiger charge is 2.25. The molecule has 0 aromatic carbocycles. The average molecular weight is 140 g/mol. The highest BCUT2D eigenvalue weighted by atomic mass is 16.1. The van der Waals surface area contributed by atoms with Gasteiger partial charge in [0.1, 0.15) is 12.1 Å². The Bertz CT molecular complexity index is 151. The maximum atomic E-state index is 11.0. The molecule has 1 aliphatic carbocycles. The van der Waals surface area contributed by atoms with E-state index in [2.05, 4.69) is 6.92 Å². The van der Waals surface area contributed by atoms with Crippen LogP contribution < -0.4 is 0 Å². The van der Waals surface area contributed by atoms with Gasteiger partial charge in [-0.15, -0.1) is 0 Å². The molecule has 0 aromatic rings. The molecule has 0 spiro atoms. The summed E-state index contributed by atoms with van der Waals surface area (Å²) in [6, 6.07) is 0. The van der Waals surface area contributed by atoms with Crippen LogP contribution in [0.1, 0.15) is 26.2 Å². The van der Waals surface area contributed by atoms with E-state index < -0.39 is 0 Å². The van der Waals surface area contributed by atoms with Crippen molar-refractivity contribution in [3.63, 3.8) is 0 Å². The van der Waals surface area contributed by atoms with E-state index in [1.807, 2.05) is 0 Å². The summed E-state index contributed by atoms with van der Waals surface area (Å²) in [5.74, 6) is 0.341. The number of ketones is 1. The lowest BCUT2D eigenvalue weighted by molar-refractivity contribution is -0.130. The minimum absolute atomic E-state index is 0.133. The molecule has 0 saturated heterocycles. The second kappa shape index (κ2) is 2.95. The molecule has 0 aliphatic heterocycles. The lowest BCUT2D eigenvalue weighted by Gasteiger charge is -2.20. The molecule has 1 rings (SSSR count). The molecule has 2 heteroatoms. The van der Waals surface area contributed by atoms with Crippen LogP contribution >= 0.6 is 0 Å². The van der Waals surface area contributed by atoms with Gasteiger partial charge in [0.25, 0.3) is 0 Å². The van der Waals surface area contributed by atoms with E-state index in [1.165, 1.54) is 0 Å². The maximum absolute atomic E-state index is 11.0. The molecule has 0 N–H and O–H groups in total. The van der Waals surface area contributed by atoms with E-state index in [-0.39, 0.29) is 11.7 Å². The van der Waals surface area contributed by atoms with Crippen molar-refractivity contribution in [2.75, 3.05) is 0 Å². The zero-order chi connectivity index (χ0) is 7.56. The van der Waals surface area contributed by atoms with Gasteiger partial charge < -0.3 is 4.79 Å². The maximum Gasteiger partial charge on any atom is 0.143 e. The van der Waals surface area contributed by atoms with Gasteiger partial charge in [0.05, 0.1) is 5.92 Å². The van der Waals surface area contributed by atoms with Crippen molar-refractivity contribution >= 4 is 12.1 Å². The minimum atomic E-state index is -0.281. The first-order valence-electron chi connectivity index (χ1n) is 3.72. The van der Waals surface area contributed by atoms with Crippen LogP contribution in [-0.2, 0) is 9.59 Å². The molecule has 0 radical (unpaired) electrons. The van der Waals surface area contributed by atoms with Gasteiger partial charge in [0.15, 0.2) is 0 Å². The van der Waals surface area contributed by atoms with Crippen LogP contribution in [0.5, 0.6) is 0 Å². The van der Waals surface area contributed by atoms with Gasteiger partial charge in [-0.2, -0.15) is 0 Å². The topological polar surface area (TPSA) is 34.1 Å². The highest BCUT2D eigenvalue weighted by Crippen LogP contribution is 2.23. The van der Waals surface area contributed by atoms with Crippen molar-refractivity contribution < 1.29 is 9.59 Å². The van der Waals surface area contributed by atoms with Gasteiger partial charge in [-0.1, -0.05) is 6.92 Å². The van der Waals surface area contributed by atoms with Gasteiger partial charge in [-0.3, -0.25) is 4.79 Å². The molecule has 0 aromatic heterocycles. The quantitative estimate of drug-likeness (QED) is 0.405. The predicted molar refractivity (Wildman–Crippen MR) is 37.6 cm³/mol. The number of hydrogen-bond acceptors (Lipinski definition) is 2.